The standard InChI is InChI=1S/C25H21BrO5/c1-28-23-9-6-17(13-19(23)16-31-21-4-2-3-20(26)15-21)5-8-22(27)18-7-10-24-25(14-18)30-12-11-29-24/h2-10,13-15H,11-12,16H2,1H3/b8-5+. The number of hydrogen-bond donors (Lipinski definition) is 0. The number of ether oxygens (including phenoxy) is 4. The SMILES string of the molecule is COc1ccc(/C=C/C(=O)c2ccc3c(c2)OCCO3)cc1COc1cccc(Br)c1. The molecule has 3 aromatic rings. The summed E-state index contributed by atoms with van der Waals surface area (Å²) in [6.07, 6.45) is 3.33. The van der Waals surface area contributed by atoms with E-state index in [1.807, 2.05) is 42.5 Å². The molecule has 0 amide bonds. The van der Waals surface area contributed by atoms with Crippen LogP contribution in [0.4, 0.5) is 0 Å². The molecule has 6 heteroatoms. The maximum Gasteiger partial charge on any atom is 0.185 e. The number of benzene rings is 3. The third kappa shape index (κ3) is 5.27. The highest BCUT2D eigenvalue weighted by molar-refractivity contribution is 9.10. The Bertz CT molecular complexity index is 1120. The van der Waals surface area contributed by atoms with E-state index in [4.69, 9.17) is 18.9 Å². The number of rotatable bonds is 7. The van der Waals surface area contributed by atoms with Gasteiger partial charge in [-0.2, -0.15) is 0 Å². The van der Waals surface area contributed by atoms with Crippen LogP contribution in [-0.2, 0) is 6.61 Å². The third-order valence-electron chi connectivity index (χ3n) is 4.75. The van der Waals surface area contributed by atoms with Gasteiger partial charge in [0.2, 0.25) is 0 Å². The molecule has 0 saturated carbocycles. The number of ketones is 1. The average molecular weight is 481 g/mol. The summed E-state index contributed by atoms with van der Waals surface area (Å²) in [7, 11) is 1.62. The van der Waals surface area contributed by atoms with E-state index in [9.17, 15) is 4.79 Å². The number of carbonyl (C=O) groups excluding carboxylic acids is 1. The molecule has 0 aliphatic carbocycles. The third-order valence-corrected chi connectivity index (χ3v) is 5.24. The molecular weight excluding hydrogens is 460 g/mol. The Hall–Kier alpha value is -3.25. The van der Waals surface area contributed by atoms with E-state index in [1.165, 1.54) is 0 Å². The molecule has 5 nitrogen and oxygen atoms in total. The zero-order valence-corrected chi connectivity index (χ0v) is 18.6. The van der Waals surface area contributed by atoms with Crippen LogP contribution in [0.25, 0.3) is 6.08 Å². The Labute approximate surface area is 189 Å². The average Bonchev–Trinajstić information content (AvgIpc) is 2.81. The molecule has 4 rings (SSSR count). The zero-order valence-electron chi connectivity index (χ0n) is 17.0. The largest absolute Gasteiger partial charge is 0.496 e. The van der Waals surface area contributed by atoms with Gasteiger partial charge in [0.1, 0.15) is 31.3 Å². The maximum absolute atomic E-state index is 12.6. The molecule has 0 atom stereocenters. The van der Waals surface area contributed by atoms with Gasteiger partial charge in [-0.05, 0) is 60.2 Å². The van der Waals surface area contributed by atoms with Crippen LogP contribution in [0.3, 0.4) is 0 Å². The quantitative estimate of drug-likeness (QED) is 0.320. The Morgan fingerprint density at radius 1 is 1.03 bits per heavy atom. The van der Waals surface area contributed by atoms with E-state index in [1.54, 1.807) is 37.5 Å². The smallest absolute Gasteiger partial charge is 0.185 e. The molecule has 0 radical (unpaired) electrons. The first-order valence-electron chi connectivity index (χ1n) is 9.80. The Morgan fingerprint density at radius 3 is 2.68 bits per heavy atom. The van der Waals surface area contributed by atoms with Gasteiger partial charge in [-0.15, -0.1) is 0 Å². The minimum absolute atomic E-state index is 0.111. The van der Waals surface area contributed by atoms with Gasteiger partial charge in [-0.1, -0.05) is 34.1 Å². The van der Waals surface area contributed by atoms with Crippen molar-refractivity contribution in [2.24, 2.45) is 0 Å². The minimum atomic E-state index is -0.111. The van der Waals surface area contributed by atoms with Gasteiger partial charge in [0.15, 0.2) is 17.3 Å². The number of carbonyl (C=O) groups is 1. The lowest BCUT2D eigenvalue weighted by Gasteiger charge is -2.18. The molecule has 31 heavy (non-hydrogen) atoms. The van der Waals surface area contributed by atoms with Crippen molar-refractivity contribution in [2.45, 2.75) is 6.61 Å². The van der Waals surface area contributed by atoms with Crippen molar-refractivity contribution >= 4 is 27.8 Å². The number of fused-ring (bicyclic) bond motifs is 1. The van der Waals surface area contributed by atoms with Crippen molar-refractivity contribution in [3.05, 3.63) is 87.9 Å². The van der Waals surface area contributed by atoms with Crippen LogP contribution in [0.2, 0.25) is 0 Å². The first-order chi connectivity index (χ1) is 15.1. The van der Waals surface area contributed by atoms with Crippen LogP contribution in [-0.4, -0.2) is 26.1 Å². The second-order valence-corrected chi connectivity index (χ2v) is 7.79. The summed E-state index contributed by atoms with van der Waals surface area (Å²) in [6, 6.07) is 18.6. The highest BCUT2D eigenvalue weighted by Crippen LogP contribution is 2.31. The Morgan fingerprint density at radius 2 is 1.87 bits per heavy atom. The number of allylic oxidation sites excluding steroid dienone is 1. The van der Waals surface area contributed by atoms with Crippen LogP contribution in [0.15, 0.2) is 71.2 Å². The van der Waals surface area contributed by atoms with Crippen molar-refractivity contribution in [1.82, 2.24) is 0 Å². The van der Waals surface area contributed by atoms with Gasteiger partial charge in [-0.25, -0.2) is 0 Å². The summed E-state index contributed by atoms with van der Waals surface area (Å²) >= 11 is 3.44. The molecule has 0 unspecified atom stereocenters. The predicted molar refractivity (Wildman–Crippen MR) is 122 cm³/mol. The van der Waals surface area contributed by atoms with Crippen molar-refractivity contribution in [3.8, 4) is 23.0 Å². The van der Waals surface area contributed by atoms with Crippen LogP contribution in [0.1, 0.15) is 21.5 Å². The molecule has 0 fully saturated rings. The van der Waals surface area contributed by atoms with E-state index in [-0.39, 0.29) is 5.78 Å². The van der Waals surface area contributed by atoms with E-state index in [0.29, 0.717) is 36.9 Å². The van der Waals surface area contributed by atoms with Gasteiger partial charge in [0.25, 0.3) is 0 Å². The van der Waals surface area contributed by atoms with Crippen molar-refractivity contribution < 1.29 is 23.7 Å². The van der Waals surface area contributed by atoms with Crippen LogP contribution in [0.5, 0.6) is 23.0 Å². The highest BCUT2D eigenvalue weighted by Gasteiger charge is 2.14. The van der Waals surface area contributed by atoms with Crippen molar-refractivity contribution in [2.75, 3.05) is 20.3 Å². The Balaban J connectivity index is 1.48. The normalized spacial score (nSPS) is 12.6. The molecule has 0 aromatic heterocycles. The minimum Gasteiger partial charge on any atom is -0.496 e. The molecular formula is C25H21BrO5. The molecule has 0 saturated heterocycles. The second-order valence-electron chi connectivity index (χ2n) is 6.87. The summed E-state index contributed by atoms with van der Waals surface area (Å²) in [5.74, 6) is 2.63. The molecule has 0 N–H and O–H groups in total. The molecule has 1 heterocycles. The van der Waals surface area contributed by atoms with Gasteiger partial charge >= 0.3 is 0 Å². The number of halogens is 1. The summed E-state index contributed by atoms with van der Waals surface area (Å²) in [6.45, 7) is 1.35. The summed E-state index contributed by atoms with van der Waals surface area (Å²) in [4.78, 5) is 12.6. The van der Waals surface area contributed by atoms with E-state index >= 15 is 0 Å². The van der Waals surface area contributed by atoms with E-state index < -0.39 is 0 Å². The van der Waals surface area contributed by atoms with Crippen LogP contribution in [0, 0.1) is 0 Å². The summed E-state index contributed by atoms with van der Waals surface area (Å²) in [5.41, 5.74) is 2.31. The van der Waals surface area contributed by atoms with Gasteiger partial charge in [-0.3, -0.25) is 4.79 Å². The molecule has 0 spiro atoms. The van der Waals surface area contributed by atoms with E-state index in [2.05, 4.69) is 15.9 Å². The molecule has 158 valence electrons. The fourth-order valence-corrected chi connectivity index (χ4v) is 3.58. The fraction of sp³-hybridized carbons (Fsp3) is 0.160. The van der Waals surface area contributed by atoms with Gasteiger partial charge < -0.3 is 18.9 Å². The zero-order chi connectivity index (χ0) is 21.6. The van der Waals surface area contributed by atoms with E-state index in [0.717, 1.165) is 27.1 Å². The van der Waals surface area contributed by atoms with Gasteiger partial charge in [0, 0.05) is 15.6 Å². The highest BCUT2D eigenvalue weighted by atomic mass is 79.9. The first kappa shape index (κ1) is 21.0. The monoisotopic (exact) mass is 480 g/mol. The second kappa shape index (κ2) is 9.71. The maximum atomic E-state index is 12.6. The lowest BCUT2D eigenvalue weighted by molar-refractivity contribution is 0.104. The summed E-state index contributed by atoms with van der Waals surface area (Å²) < 4.78 is 23.4. The fourth-order valence-electron chi connectivity index (χ4n) is 3.20. The van der Waals surface area contributed by atoms with Crippen molar-refractivity contribution in [1.29, 1.82) is 0 Å². The Kier molecular flexibility index (Phi) is 6.57. The number of methoxy groups -OCH3 is 1. The van der Waals surface area contributed by atoms with Crippen LogP contribution >= 0.6 is 15.9 Å². The molecule has 0 bridgehead atoms. The first-order valence-corrected chi connectivity index (χ1v) is 10.6. The molecule has 1 aliphatic heterocycles. The van der Waals surface area contributed by atoms with Gasteiger partial charge in [0.05, 0.1) is 7.11 Å². The topological polar surface area (TPSA) is 54.0 Å². The summed E-state index contributed by atoms with van der Waals surface area (Å²) in [5, 5.41) is 0. The lowest BCUT2D eigenvalue weighted by Crippen LogP contribution is -2.15. The predicted octanol–water partition coefficient (Wildman–Crippen LogP) is 5.70. The lowest BCUT2D eigenvalue weighted by atomic mass is 10.1. The molecule has 3 aromatic carbocycles. The molecule has 1 aliphatic rings. The van der Waals surface area contributed by atoms with Crippen molar-refractivity contribution in [3.63, 3.8) is 0 Å². The number of hydrogen-bond acceptors (Lipinski definition) is 5. The van der Waals surface area contributed by atoms with Crippen LogP contribution < -0.4 is 18.9 Å².